The molecule has 0 atom stereocenters. The van der Waals surface area contributed by atoms with E-state index >= 15 is 0 Å². The van der Waals surface area contributed by atoms with Gasteiger partial charge in [-0.1, -0.05) is 54.6 Å². The first-order valence-corrected chi connectivity index (χ1v) is 5.72. The molecule has 0 unspecified atom stereocenters. The van der Waals surface area contributed by atoms with Crippen LogP contribution < -0.4 is 0 Å². The summed E-state index contributed by atoms with van der Waals surface area (Å²) in [5.41, 5.74) is 2.23. The van der Waals surface area contributed by atoms with Gasteiger partial charge >= 0.3 is 0 Å². The van der Waals surface area contributed by atoms with E-state index in [-0.39, 0.29) is 11.6 Å². The maximum atomic E-state index is 12.3. The van der Waals surface area contributed by atoms with E-state index in [9.17, 15) is 9.59 Å². The summed E-state index contributed by atoms with van der Waals surface area (Å²) in [4.78, 5) is 24.3. The van der Waals surface area contributed by atoms with Crippen molar-refractivity contribution in [2.24, 2.45) is 0 Å². The Bertz CT molecular complexity index is 667. The van der Waals surface area contributed by atoms with Gasteiger partial charge in [0, 0.05) is 16.7 Å². The van der Waals surface area contributed by atoms with E-state index in [0.29, 0.717) is 16.7 Å². The van der Waals surface area contributed by atoms with Crippen molar-refractivity contribution in [2.45, 2.75) is 0 Å². The van der Waals surface area contributed by atoms with Gasteiger partial charge in [0.05, 0.1) is 0 Å². The topological polar surface area (TPSA) is 34.1 Å². The zero-order chi connectivity index (χ0) is 12.5. The van der Waals surface area contributed by atoms with Gasteiger partial charge in [-0.25, -0.2) is 0 Å². The third-order valence-electron chi connectivity index (χ3n) is 3.04. The van der Waals surface area contributed by atoms with E-state index in [1.54, 1.807) is 24.3 Å². The number of Topliss-reactive ketones (excluding diaryl/α,β-unsaturated/α-hetero) is 1. The van der Waals surface area contributed by atoms with Crippen molar-refractivity contribution in [1.82, 2.24) is 0 Å². The number of allylic oxidation sites excluding steroid dienone is 2. The molecule has 0 aliphatic heterocycles. The Kier molecular flexibility index (Phi) is 2.41. The van der Waals surface area contributed by atoms with Crippen molar-refractivity contribution in [3.8, 4) is 0 Å². The standard InChI is InChI=1S/C16H10O2/c17-15-10-14(11-6-2-1-3-7-11)16(18)13-9-5-4-8-12(13)15/h1-10H. The van der Waals surface area contributed by atoms with Gasteiger partial charge in [0.1, 0.15) is 0 Å². The molecule has 0 spiro atoms. The molecule has 0 amide bonds. The Morgan fingerprint density at radius 3 is 2.00 bits per heavy atom. The third kappa shape index (κ3) is 1.59. The largest absolute Gasteiger partial charge is 0.289 e. The van der Waals surface area contributed by atoms with Crippen molar-refractivity contribution in [1.29, 1.82) is 0 Å². The lowest BCUT2D eigenvalue weighted by Crippen LogP contribution is -2.15. The smallest absolute Gasteiger partial charge is 0.194 e. The van der Waals surface area contributed by atoms with E-state index < -0.39 is 0 Å². The molecular weight excluding hydrogens is 224 g/mol. The molecule has 0 fully saturated rings. The van der Waals surface area contributed by atoms with Gasteiger partial charge in [-0.15, -0.1) is 0 Å². The highest BCUT2D eigenvalue weighted by Crippen LogP contribution is 2.27. The summed E-state index contributed by atoms with van der Waals surface area (Å²) in [5.74, 6) is -0.194. The first-order valence-electron chi connectivity index (χ1n) is 5.72. The molecular formula is C16H10O2. The van der Waals surface area contributed by atoms with Crippen LogP contribution in [0.1, 0.15) is 26.3 Å². The fourth-order valence-corrected chi connectivity index (χ4v) is 2.15. The van der Waals surface area contributed by atoms with Gasteiger partial charge in [-0.3, -0.25) is 9.59 Å². The summed E-state index contributed by atoms with van der Waals surface area (Å²) in [6.07, 6.45) is 1.43. The van der Waals surface area contributed by atoms with Crippen molar-refractivity contribution < 1.29 is 9.59 Å². The summed E-state index contributed by atoms with van der Waals surface area (Å²) < 4.78 is 0. The van der Waals surface area contributed by atoms with Crippen molar-refractivity contribution >= 4 is 17.1 Å². The van der Waals surface area contributed by atoms with Gasteiger partial charge in [0.2, 0.25) is 0 Å². The summed E-state index contributed by atoms with van der Waals surface area (Å²) in [6, 6.07) is 16.2. The van der Waals surface area contributed by atoms with E-state index in [4.69, 9.17) is 0 Å². The maximum absolute atomic E-state index is 12.3. The molecule has 86 valence electrons. The second-order valence-corrected chi connectivity index (χ2v) is 4.16. The fraction of sp³-hybridized carbons (Fsp3) is 0. The van der Waals surface area contributed by atoms with E-state index in [1.807, 2.05) is 30.3 Å². The zero-order valence-electron chi connectivity index (χ0n) is 9.59. The van der Waals surface area contributed by atoms with Crippen LogP contribution in [0.5, 0.6) is 0 Å². The van der Waals surface area contributed by atoms with Gasteiger partial charge in [0.25, 0.3) is 0 Å². The Balaban J connectivity index is 2.16. The minimum absolute atomic E-state index is 0.0867. The number of benzene rings is 2. The Labute approximate surface area is 105 Å². The fourth-order valence-electron chi connectivity index (χ4n) is 2.15. The average Bonchev–Trinajstić information content (AvgIpc) is 2.44. The molecule has 1 aliphatic rings. The predicted molar refractivity (Wildman–Crippen MR) is 69.5 cm³/mol. The maximum Gasteiger partial charge on any atom is 0.194 e. The van der Waals surface area contributed by atoms with Gasteiger partial charge in [0.15, 0.2) is 11.6 Å². The van der Waals surface area contributed by atoms with Gasteiger partial charge in [-0.2, -0.15) is 0 Å². The van der Waals surface area contributed by atoms with Crippen LogP contribution in [-0.4, -0.2) is 11.6 Å². The molecule has 0 saturated carbocycles. The summed E-state index contributed by atoms with van der Waals surface area (Å²) in [7, 11) is 0. The lowest BCUT2D eigenvalue weighted by Gasteiger charge is -2.14. The number of fused-ring (bicyclic) bond motifs is 1. The van der Waals surface area contributed by atoms with E-state index in [2.05, 4.69) is 0 Å². The number of hydrogen-bond donors (Lipinski definition) is 0. The Morgan fingerprint density at radius 1 is 0.667 bits per heavy atom. The lowest BCUT2D eigenvalue weighted by molar-refractivity contribution is 0.100. The molecule has 2 aromatic rings. The SMILES string of the molecule is O=C1C=C(c2ccccc2)C(=O)c2ccccc21. The second kappa shape index (κ2) is 4.08. The van der Waals surface area contributed by atoms with Crippen LogP contribution in [0.3, 0.4) is 0 Å². The first kappa shape index (κ1) is 10.7. The molecule has 0 heterocycles. The van der Waals surface area contributed by atoms with Crippen molar-refractivity contribution in [3.63, 3.8) is 0 Å². The highest BCUT2D eigenvalue weighted by molar-refractivity contribution is 6.38. The lowest BCUT2D eigenvalue weighted by atomic mass is 9.86. The van der Waals surface area contributed by atoms with Crippen LogP contribution >= 0.6 is 0 Å². The highest BCUT2D eigenvalue weighted by Gasteiger charge is 2.25. The number of carbonyl (C=O) groups is 2. The summed E-state index contributed by atoms with van der Waals surface area (Å²) >= 11 is 0. The molecule has 2 heteroatoms. The van der Waals surface area contributed by atoms with Crippen LogP contribution in [0.25, 0.3) is 5.57 Å². The van der Waals surface area contributed by atoms with Crippen molar-refractivity contribution in [2.75, 3.05) is 0 Å². The monoisotopic (exact) mass is 234 g/mol. The average molecular weight is 234 g/mol. The normalized spacial score (nSPS) is 14.1. The molecule has 0 saturated heterocycles. The minimum Gasteiger partial charge on any atom is -0.289 e. The number of ketones is 2. The molecule has 3 rings (SSSR count). The predicted octanol–water partition coefficient (Wildman–Crippen LogP) is 3.15. The zero-order valence-corrected chi connectivity index (χ0v) is 9.59. The molecule has 1 aliphatic carbocycles. The van der Waals surface area contributed by atoms with E-state index in [1.165, 1.54) is 6.08 Å². The quantitative estimate of drug-likeness (QED) is 0.759. The molecule has 2 aromatic carbocycles. The van der Waals surface area contributed by atoms with Crippen molar-refractivity contribution in [3.05, 3.63) is 77.4 Å². The molecule has 0 aromatic heterocycles. The Hall–Kier alpha value is -2.48. The molecule has 0 N–H and O–H groups in total. The van der Waals surface area contributed by atoms with Gasteiger partial charge in [-0.05, 0) is 11.6 Å². The van der Waals surface area contributed by atoms with Gasteiger partial charge < -0.3 is 0 Å². The minimum atomic E-state index is -0.107. The van der Waals surface area contributed by atoms with Crippen LogP contribution in [-0.2, 0) is 0 Å². The van der Waals surface area contributed by atoms with Crippen LogP contribution in [0.4, 0.5) is 0 Å². The first-order chi connectivity index (χ1) is 8.77. The highest BCUT2D eigenvalue weighted by atomic mass is 16.1. The third-order valence-corrected chi connectivity index (χ3v) is 3.04. The molecule has 18 heavy (non-hydrogen) atoms. The second-order valence-electron chi connectivity index (χ2n) is 4.16. The summed E-state index contributed by atoms with van der Waals surface area (Å²) in [6.45, 7) is 0. The van der Waals surface area contributed by atoms with Crippen LogP contribution in [0.15, 0.2) is 60.7 Å². The number of rotatable bonds is 1. The number of carbonyl (C=O) groups excluding carboxylic acids is 2. The van der Waals surface area contributed by atoms with E-state index in [0.717, 1.165) is 5.56 Å². The number of hydrogen-bond acceptors (Lipinski definition) is 2. The Morgan fingerprint density at radius 2 is 1.28 bits per heavy atom. The van der Waals surface area contributed by atoms with Crippen LogP contribution in [0, 0.1) is 0 Å². The summed E-state index contributed by atoms with van der Waals surface area (Å²) in [5, 5.41) is 0. The molecule has 2 nitrogen and oxygen atoms in total. The molecule has 0 radical (unpaired) electrons. The van der Waals surface area contributed by atoms with Crippen LogP contribution in [0.2, 0.25) is 0 Å². The molecule has 0 bridgehead atoms.